The topological polar surface area (TPSA) is 41.6 Å². The Balaban J connectivity index is 1.65. The summed E-state index contributed by atoms with van der Waals surface area (Å²) in [5.41, 5.74) is 1.97. The number of ether oxygens (including phenoxy) is 1. The molecule has 0 radical (unpaired) electrons. The van der Waals surface area contributed by atoms with E-state index in [-0.39, 0.29) is 11.9 Å². The minimum Gasteiger partial charge on any atom is -0.497 e. The average Bonchev–Trinajstić information content (AvgIpc) is 3.17. The van der Waals surface area contributed by atoms with Gasteiger partial charge in [0.25, 0.3) is 5.91 Å². The van der Waals surface area contributed by atoms with Gasteiger partial charge in [-0.25, -0.2) is 0 Å². The molecule has 5 heteroatoms. The molecule has 1 fully saturated rings. The minimum atomic E-state index is -0.0325. The van der Waals surface area contributed by atoms with E-state index in [4.69, 9.17) is 4.74 Å². The molecule has 3 rings (SSSR count). The van der Waals surface area contributed by atoms with Crippen molar-refractivity contribution in [3.8, 4) is 5.75 Å². The van der Waals surface area contributed by atoms with Crippen LogP contribution in [0.25, 0.3) is 0 Å². The van der Waals surface area contributed by atoms with Crippen molar-refractivity contribution in [1.82, 2.24) is 10.2 Å². The lowest BCUT2D eigenvalue weighted by molar-refractivity contribution is 0.0924. The molecule has 1 aliphatic rings. The molecule has 24 heavy (non-hydrogen) atoms. The molecule has 1 unspecified atom stereocenters. The Labute approximate surface area is 147 Å². The van der Waals surface area contributed by atoms with Crippen LogP contribution in [-0.4, -0.2) is 37.6 Å². The first kappa shape index (κ1) is 17.0. The quantitative estimate of drug-likeness (QED) is 0.868. The van der Waals surface area contributed by atoms with Crippen LogP contribution in [0.4, 0.5) is 0 Å². The molecule has 1 atom stereocenters. The number of hydrogen-bond acceptors (Lipinski definition) is 4. The number of rotatable bonds is 6. The van der Waals surface area contributed by atoms with Crippen molar-refractivity contribution < 1.29 is 9.53 Å². The lowest BCUT2D eigenvalue weighted by atomic mass is 10.0. The maximum absolute atomic E-state index is 12.4. The van der Waals surface area contributed by atoms with Gasteiger partial charge in [-0.3, -0.25) is 9.69 Å². The molecule has 4 nitrogen and oxygen atoms in total. The Morgan fingerprint density at radius 2 is 1.96 bits per heavy atom. The molecular weight excluding hydrogens is 320 g/mol. The van der Waals surface area contributed by atoms with Crippen molar-refractivity contribution in [3.63, 3.8) is 0 Å². The van der Waals surface area contributed by atoms with E-state index in [2.05, 4.69) is 27.0 Å². The number of carbonyl (C=O) groups excluding carboxylic acids is 1. The van der Waals surface area contributed by atoms with E-state index in [1.807, 2.05) is 12.1 Å². The van der Waals surface area contributed by atoms with Crippen molar-refractivity contribution in [1.29, 1.82) is 0 Å². The zero-order valence-electron chi connectivity index (χ0n) is 14.0. The van der Waals surface area contributed by atoms with E-state index in [0.717, 1.165) is 18.8 Å². The number of hydrogen-bond donors (Lipinski definition) is 1. The number of nitrogens with zero attached hydrogens (tertiary/aromatic N) is 1. The molecule has 1 saturated heterocycles. The molecule has 0 aliphatic carbocycles. The van der Waals surface area contributed by atoms with Gasteiger partial charge in [0, 0.05) is 12.1 Å². The highest BCUT2D eigenvalue weighted by atomic mass is 32.1. The number of nitrogens with one attached hydrogen (secondary N) is 1. The predicted octanol–water partition coefficient (Wildman–Crippen LogP) is 3.71. The summed E-state index contributed by atoms with van der Waals surface area (Å²) < 4.78 is 5.14. The number of carbonyl (C=O) groups is 1. The number of piperidine rings is 1. The predicted molar refractivity (Wildman–Crippen MR) is 97.8 cm³/mol. The summed E-state index contributed by atoms with van der Waals surface area (Å²) in [6, 6.07) is 9.66. The molecule has 1 aromatic carbocycles. The highest BCUT2D eigenvalue weighted by Gasteiger charge is 2.23. The second-order valence-electron chi connectivity index (χ2n) is 6.11. The summed E-state index contributed by atoms with van der Waals surface area (Å²) in [5, 5.41) is 7.41. The third-order valence-electron chi connectivity index (χ3n) is 4.57. The van der Waals surface area contributed by atoms with Gasteiger partial charge in [-0.1, -0.05) is 6.42 Å². The summed E-state index contributed by atoms with van der Waals surface area (Å²) in [7, 11) is 1.62. The summed E-state index contributed by atoms with van der Waals surface area (Å²) in [6.45, 7) is 2.86. The molecule has 2 heterocycles. The fourth-order valence-electron chi connectivity index (χ4n) is 3.19. The van der Waals surface area contributed by atoms with Gasteiger partial charge >= 0.3 is 0 Å². The van der Waals surface area contributed by atoms with Gasteiger partial charge in [-0.15, -0.1) is 0 Å². The Hall–Kier alpha value is -1.85. The summed E-state index contributed by atoms with van der Waals surface area (Å²) in [4.78, 5) is 14.9. The minimum absolute atomic E-state index is 0.0325. The molecule has 1 amide bonds. The Morgan fingerprint density at radius 3 is 2.58 bits per heavy atom. The van der Waals surface area contributed by atoms with E-state index in [9.17, 15) is 4.79 Å². The molecule has 0 bridgehead atoms. The van der Waals surface area contributed by atoms with Gasteiger partial charge in [0.2, 0.25) is 0 Å². The van der Waals surface area contributed by atoms with Crippen molar-refractivity contribution in [2.24, 2.45) is 0 Å². The van der Waals surface area contributed by atoms with Crippen molar-refractivity contribution in [2.45, 2.75) is 25.3 Å². The summed E-state index contributed by atoms with van der Waals surface area (Å²) in [6.07, 6.45) is 3.80. The first-order valence-electron chi connectivity index (χ1n) is 8.46. The molecule has 1 aromatic heterocycles. The van der Waals surface area contributed by atoms with E-state index in [1.54, 1.807) is 30.6 Å². The Kier molecular flexibility index (Phi) is 5.88. The van der Waals surface area contributed by atoms with E-state index in [1.165, 1.54) is 24.8 Å². The number of thiophene rings is 1. The number of methoxy groups -OCH3 is 1. The van der Waals surface area contributed by atoms with Crippen LogP contribution in [0.1, 0.15) is 41.2 Å². The Morgan fingerprint density at radius 1 is 1.21 bits per heavy atom. The van der Waals surface area contributed by atoms with Crippen molar-refractivity contribution >= 4 is 17.2 Å². The second-order valence-corrected chi connectivity index (χ2v) is 6.89. The van der Waals surface area contributed by atoms with Crippen molar-refractivity contribution in [2.75, 3.05) is 26.7 Å². The van der Waals surface area contributed by atoms with Crippen LogP contribution in [-0.2, 0) is 0 Å². The van der Waals surface area contributed by atoms with Gasteiger partial charge in [0.1, 0.15) is 5.75 Å². The highest BCUT2D eigenvalue weighted by Crippen LogP contribution is 2.26. The molecule has 2 aromatic rings. The highest BCUT2D eigenvalue weighted by molar-refractivity contribution is 7.07. The first-order valence-corrected chi connectivity index (χ1v) is 9.40. The first-order chi connectivity index (χ1) is 11.8. The zero-order chi connectivity index (χ0) is 16.8. The largest absolute Gasteiger partial charge is 0.497 e. The fourth-order valence-corrected chi connectivity index (χ4v) is 3.89. The summed E-state index contributed by atoms with van der Waals surface area (Å²) in [5.74, 6) is 0.728. The lowest BCUT2D eigenvalue weighted by Crippen LogP contribution is -2.40. The normalized spacial score (nSPS) is 16.5. The lowest BCUT2D eigenvalue weighted by Gasteiger charge is -2.34. The number of benzene rings is 1. The monoisotopic (exact) mass is 344 g/mol. The van der Waals surface area contributed by atoms with Gasteiger partial charge in [-0.05, 0) is 72.6 Å². The van der Waals surface area contributed by atoms with Crippen LogP contribution in [0.3, 0.4) is 0 Å². The SMILES string of the molecule is COc1ccc(C(=O)NCC(c2ccsc2)N2CCCCC2)cc1. The number of amides is 1. The zero-order valence-corrected chi connectivity index (χ0v) is 14.8. The van der Waals surface area contributed by atoms with Crippen molar-refractivity contribution in [3.05, 3.63) is 52.2 Å². The summed E-state index contributed by atoms with van der Waals surface area (Å²) >= 11 is 1.71. The molecule has 1 aliphatic heterocycles. The smallest absolute Gasteiger partial charge is 0.251 e. The average molecular weight is 344 g/mol. The molecule has 0 spiro atoms. The molecule has 1 N–H and O–H groups in total. The third kappa shape index (κ3) is 4.16. The van der Waals surface area contributed by atoms with Crippen LogP contribution in [0, 0.1) is 0 Å². The Bertz CT molecular complexity index is 634. The van der Waals surface area contributed by atoms with Gasteiger partial charge in [0.15, 0.2) is 0 Å². The third-order valence-corrected chi connectivity index (χ3v) is 5.27. The number of likely N-dealkylation sites (tertiary alicyclic amines) is 1. The second kappa shape index (κ2) is 8.31. The van der Waals surface area contributed by atoms with Crippen LogP contribution in [0.15, 0.2) is 41.1 Å². The molecule has 128 valence electrons. The van der Waals surface area contributed by atoms with E-state index >= 15 is 0 Å². The molecular formula is C19H24N2O2S. The molecule has 0 saturated carbocycles. The van der Waals surface area contributed by atoms with E-state index < -0.39 is 0 Å². The van der Waals surface area contributed by atoms with Gasteiger partial charge in [0.05, 0.1) is 13.2 Å². The van der Waals surface area contributed by atoms with Crippen LogP contribution in [0.5, 0.6) is 5.75 Å². The van der Waals surface area contributed by atoms with Gasteiger partial charge in [-0.2, -0.15) is 11.3 Å². The fraction of sp³-hybridized carbons (Fsp3) is 0.421. The maximum atomic E-state index is 12.4. The van der Waals surface area contributed by atoms with Gasteiger partial charge < -0.3 is 10.1 Å². The van der Waals surface area contributed by atoms with Crippen LogP contribution in [0.2, 0.25) is 0 Å². The van der Waals surface area contributed by atoms with E-state index in [0.29, 0.717) is 12.1 Å². The van der Waals surface area contributed by atoms with Crippen LogP contribution >= 0.6 is 11.3 Å². The van der Waals surface area contributed by atoms with Crippen LogP contribution < -0.4 is 10.1 Å². The standard InChI is InChI=1S/C19H24N2O2S/c1-23-17-7-5-15(6-8-17)19(22)20-13-18(16-9-12-24-14-16)21-10-3-2-4-11-21/h5-9,12,14,18H,2-4,10-11,13H2,1H3,(H,20,22). The maximum Gasteiger partial charge on any atom is 0.251 e.